The Kier molecular flexibility index (Phi) is 4.39. The molecular weight excluding hydrogens is 371 g/mol. The molecule has 3 heterocycles. The molecule has 0 aromatic carbocycles. The van der Waals surface area contributed by atoms with Crippen molar-refractivity contribution in [3.05, 3.63) is 33.3 Å². The molecule has 0 radical (unpaired) electrons. The lowest BCUT2D eigenvalue weighted by atomic mass is 9.96. The van der Waals surface area contributed by atoms with Gasteiger partial charge in [0.05, 0.1) is 25.6 Å². The maximum absolute atomic E-state index is 13.1. The van der Waals surface area contributed by atoms with Crippen LogP contribution < -0.4 is 0 Å². The van der Waals surface area contributed by atoms with E-state index in [0.717, 1.165) is 25.7 Å². The molecule has 1 aliphatic carbocycles. The van der Waals surface area contributed by atoms with E-state index in [2.05, 4.69) is 15.2 Å². The molecule has 1 saturated carbocycles. The highest BCUT2D eigenvalue weighted by Crippen LogP contribution is 2.49. The van der Waals surface area contributed by atoms with Crippen LogP contribution in [-0.4, -0.2) is 38.1 Å². The van der Waals surface area contributed by atoms with Crippen LogP contribution in [0.4, 0.5) is 13.2 Å². The highest BCUT2D eigenvalue weighted by molar-refractivity contribution is 8.20. The summed E-state index contributed by atoms with van der Waals surface area (Å²) in [6.07, 6.45) is 2.50. The number of halogens is 3. The second-order valence-corrected chi connectivity index (χ2v) is 9.23. The first-order chi connectivity index (χ1) is 11.9. The highest BCUT2D eigenvalue weighted by atomic mass is 32.2. The molecule has 0 amide bonds. The number of nitrogens with zero attached hydrogens (tertiary/aromatic N) is 2. The smallest absolute Gasteiger partial charge is 0.279 e. The molecule has 0 saturated heterocycles. The fraction of sp³-hybridized carbons (Fsp3) is 0.500. The number of alkyl halides is 3. The summed E-state index contributed by atoms with van der Waals surface area (Å²) in [5, 5.41) is 6.99. The molecule has 4 rings (SSSR count). The van der Waals surface area contributed by atoms with E-state index in [1.165, 1.54) is 12.4 Å². The Hall–Kier alpha value is -1.35. The maximum atomic E-state index is 13.1. The van der Waals surface area contributed by atoms with E-state index in [1.54, 1.807) is 17.8 Å². The van der Waals surface area contributed by atoms with Gasteiger partial charge < -0.3 is 0 Å². The number of aromatic amines is 1. The molecule has 1 aromatic rings. The molecular formula is C16H16F3N3OS2. The summed E-state index contributed by atoms with van der Waals surface area (Å²) < 4.78 is 53.2. The van der Waals surface area contributed by atoms with Crippen molar-refractivity contribution in [2.75, 3.05) is 0 Å². The lowest BCUT2D eigenvalue weighted by Gasteiger charge is -2.22. The average Bonchev–Trinajstić information content (AvgIpc) is 3.29. The monoisotopic (exact) mass is 387 g/mol. The van der Waals surface area contributed by atoms with Crippen molar-refractivity contribution in [1.29, 1.82) is 0 Å². The van der Waals surface area contributed by atoms with Crippen LogP contribution >= 0.6 is 11.8 Å². The van der Waals surface area contributed by atoms with Crippen molar-refractivity contribution < 1.29 is 17.4 Å². The molecule has 9 heteroatoms. The quantitative estimate of drug-likeness (QED) is 0.847. The van der Waals surface area contributed by atoms with Crippen molar-refractivity contribution in [1.82, 2.24) is 10.2 Å². The third-order valence-electron chi connectivity index (χ3n) is 4.65. The van der Waals surface area contributed by atoms with Gasteiger partial charge in [0, 0.05) is 29.7 Å². The van der Waals surface area contributed by atoms with Crippen LogP contribution in [0.25, 0.3) is 4.91 Å². The minimum absolute atomic E-state index is 0.274. The van der Waals surface area contributed by atoms with E-state index in [9.17, 15) is 17.4 Å². The van der Waals surface area contributed by atoms with Gasteiger partial charge >= 0.3 is 6.18 Å². The van der Waals surface area contributed by atoms with E-state index in [0.29, 0.717) is 31.2 Å². The van der Waals surface area contributed by atoms with Crippen LogP contribution in [0, 0.1) is 0 Å². The lowest BCUT2D eigenvalue weighted by Crippen LogP contribution is -2.30. The highest BCUT2D eigenvalue weighted by Gasteiger charge is 2.45. The maximum Gasteiger partial charge on any atom is 0.411 e. The van der Waals surface area contributed by atoms with Gasteiger partial charge in [-0.1, -0.05) is 12.8 Å². The first-order valence-electron chi connectivity index (χ1n) is 8.11. The zero-order valence-electron chi connectivity index (χ0n) is 13.2. The fourth-order valence-electron chi connectivity index (χ4n) is 3.40. The van der Waals surface area contributed by atoms with Crippen LogP contribution in [0.3, 0.4) is 0 Å². The third kappa shape index (κ3) is 3.12. The Labute approximate surface area is 149 Å². The number of nitrogens with one attached hydrogen (secondary N) is 1. The van der Waals surface area contributed by atoms with Crippen molar-refractivity contribution in [2.24, 2.45) is 4.99 Å². The molecule has 2 atom stereocenters. The molecule has 3 aliphatic rings. The SMILES string of the molecule is O=S1C(SC2CCCC2)=C2C=NC(C(F)(F)F)CC2=C1c1ccn[nH]1. The summed E-state index contributed by atoms with van der Waals surface area (Å²) in [6, 6.07) is -0.132. The van der Waals surface area contributed by atoms with E-state index in [-0.39, 0.29) is 6.42 Å². The van der Waals surface area contributed by atoms with Crippen molar-refractivity contribution in [3.8, 4) is 0 Å². The second kappa shape index (κ2) is 6.42. The Bertz CT molecular complexity index is 790. The molecule has 1 aromatic heterocycles. The predicted molar refractivity (Wildman–Crippen MR) is 93.5 cm³/mol. The van der Waals surface area contributed by atoms with Crippen molar-refractivity contribution in [2.45, 2.75) is 49.6 Å². The minimum Gasteiger partial charge on any atom is -0.279 e. The Balaban J connectivity index is 1.76. The number of fused-ring (bicyclic) bond motifs is 1. The number of rotatable bonds is 3. The number of aliphatic imine (C=N–C) groups is 1. The number of H-pyrrole nitrogens is 1. The summed E-state index contributed by atoms with van der Waals surface area (Å²) in [6.45, 7) is 0. The van der Waals surface area contributed by atoms with Gasteiger partial charge in [-0.25, -0.2) is 4.21 Å². The molecule has 1 fully saturated rings. The number of hydrogen-bond acceptors (Lipinski definition) is 4. The largest absolute Gasteiger partial charge is 0.411 e. The van der Waals surface area contributed by atoms with Crippen LogP contribution in [0.15, 0.2) is 32.6 Å². The first kappa shape index (κ1) is 17.1. The Morgan fingerprint density at radius 2 is 2.04 bits per heavy atom. The van der Waals surface area contributed by atoms with E-state index in [4.69, 9.17) is 0 Å². The van der Waals surface area contributed by atoms with Gasteiger partial charge in [-0.3, -0.25) is 10.1 Å². The van der Waals surface area contributed by atoms with Crippen LogP contribution in [0.5, 0.6) is 0 Å². The van der Waals surface area contributed by atoms with E-state index in [1.807, 2.05) is 0 Å². The summed E-state index contributed by atoms with van der Waals surface area (Å²) in [5.74, 6) is 0. The zero-order chi connectivity index (χ0) is 17.6. The van der Waals surface area contributed by atoms with Crippen LogP contribution in [0.2, 0.25) is 0 Å². The van der Waals surface area contributed by atoms with E-state index < -0.39 is 23.0 Å². The lowest BCUT2D eigenvalue weighted by molar-refractivity contribution is -0.146. The minimum atomic E-state index is -4.41. The van der Waals surface area contributed by atoms with Gasteiger partial charge in [-0.05, 0) is 24.5 Å². The Morgan fingerprint density at radius 1 is 1.28 bits per heavy atom. The summed E-state index contributed by atoms with van der Waals surface area (Å²) in [5.41, 5.74) is 1.62. The number of allylic oxidation sites excluding steroid dienone is 1. The van der Waals surface area contributed by atoms with E-state index >= 15 is 0 Å². The number of thioether (sulfide) groups is 1. The summed E-state index contributed by atoms with van der Waals surface area (Å²) >= 11 is 1.55. The van der Waals surface area contributed by atoms with Gasteiger partial charge in [0.25, 0.3) is 0 Å². The molecule has 2 unspecified atom stereocenters. The van der Waals surface area contributed by atoms with Crippen molar-refractivity contribution >= 4 is 33.7 Å². The molecule has 2 aliphatic heterocycles. The molecule has 0 spiro atoms. The first-order valence-corrected chi connectivity index (χ1v) is 10.1. The fourth-order valence-corrected chi connectivity index (χ4v) is 6.88. The molecule has 134 valence electrons. The van der Waals surface area contributed by atoms with Crippen LogP contribution in [0.1, 0.15) is 37.8 Å². The molecule has 4 nitrogen and oxygen atoms in total. The van der Waals surface area contributed by atoms with Crippen LogP contribution in [-0.2, 0) is 10.8 Å². The van der Waals surface area contributed by atoms with Gasteiger partial charge in [0.15, 0.2) is 0 Å². The average molecular weight is 387 g/mol. The standard InChI is InChI=1S/C16H16F3N3OS2/c17-16(18,19)13-7-10-11(8-20-13)15(24-9-3-1-2-4-9)25(23)14(10)12-5-6-21-22-12/h5-6,8-9,13H,1-4,7H2,(H,21,22). The third-order valence-corrected chi connectivity index (χ3v) is 8.03. The van der Waals surface area contributed by atoms with Gasteiger partial charge in [-0.2, -0.15) is 18.3 Å². The zero-order valence-corrected chi connectivity index (χ0v) is 14.8. The summed E-state index contributed by atoms with van der Waals surface area (Å²) in [7, 11) is -1.49. The summed E-state index contributed by atoms with van der Waals surface area (Å²) in [4.78, 5) is 4.13. The predicted octanol–water partition coefficient (Wildman–Crippen LogP) is 4.18. The van der Waals surface area contributed by atoms with Crippen molar-refractivity contribution in [3.63, 3.8) is 0 Å². The second-order valence-electron chi connectivity index (χ2n) is 6.31. The molecule has 1 N–H and O–H groups in total. The number of aromatic nitrogens is 2. The normalized spacial score (nSPS) is 27.5. The molecule has 25 heavy (non-hydrogen) atoms. The molecule has 0 bridgehead atoms. The van der Waals surface area contributed by atoms with Gasteiger partial charge in [0.1, 0.15) is 6.04 Å². The van der Waals surface area contributed by atoms with Gasteiger partial charge in [-0.15, -0.1) is 11.8 Å². The topological polar surface area (TPSA) is 58.1 Å². The Morgan fingerprint density at radius 3 is 2.68 bits per heavy atom. The van der Waals surface area contributed by atoms with Gasteiger partial charge in [0.2, 0.25) is 0 Å². The number of hydrogen-bond donors (Lipinski definition) is 1.